The van der Waals surface area contributed by atoms with Gasteiger partial charge >= 0.3 is 0 Å². The smallest absolute Gasteiger partial charge is 0.0553 e. The van der Waals surface area contributed by atoms with Gasteiger partial charge in [-0.3, -0.25) is 0 Å². The first-order valence-corrected chi connectivity index (χ1v) is 18.5. The molecule has 254 valence electrons. The van der Waals surface area contributed by atoms with Gasteiger partial charge < -0.3 is 9.47 Å². The summed E-state index contributed by atoms with van der Waals surface area (Å²) < 4.78 is 2.41. The highest BCUT2D eigenvalue weighted by molar-refractivity contribution is 6.23. The summed E-state index contributed by atoms with van der Waals surface area (Å²) >= 11 is 0. The van der Waals surface area contributed by atoms with Crippen LogP contribution in [0.4, 0.5) is 17.1 Å². The molecule has 54 heavy (non-hydrogen) atoms. The molecular weight excluding hydrogens is 653 g/mol. The summed E-state index contributed by atoms with van der Waals surface area (Å²) in [5.74, 6) is 0. The second-order valence-electron chi connectivity index (χ2n) is 13.7. The van der Waals surface area contributed by atoms with E-state index < -0.39 is 0 Å². The van der Waals surface area contributed by atoms with E-state index in [9.17, 15) is 0 Å². The predicted molar refractivity (Wildman–Crippen MR) is 229 cm³/mol. The summed E-state index contributed by atoms with van der Waals surface area (Å²) in [4.78, 5) is 2.37. The van der Waals surface area contributed by atoms with Crippen molar-refractivity contribution in [1.82, 2.24) is 4.57 Å². The average molecular weight is 689 g/mol. The van der Waals surface area contributed by atoms with Crippen LogP contribution in [0.5, 0.6) is 0 Å². The van der Waals surface area contributed by atoms with Crippen LogP contribution in [-0.2, 0) is 0 Å². The minimum atomic E-state index is 1.10. The van der Waals surface area contributed by atoms with Crippen LogP contribution in [0.15, 0.2) is 218 Å². The van der Waals surface area contributed by atoms with Crippen LogP contribution in [0.25, 0.3) is 71.6 Å². The standard InChI is InChI=1S/C52H36N2/c1-4-17-37(18-5-1)45-26-12-13-27-46(45)38-31-33-43(34-32-38)53(41-21-6-2-7-22-41)44-25-16-20-40(35-44)51-47-28-11-10-19-39(47)36-50-52(51)48-29-14-15-30-49(48)54(50)42-23-8-3-9-24-42/h1-36H. The van der Waals surface area contributed by atoms with Crippen molar-refractivity contribution in [1.29, 1.82) is 0 Å². The van der Waals surface area contributed by atoms with E-state index in [1.165, 1.54) is 66.0 Å². The molecule has 0 aliphatic carbocycles. The molecule has 0 bridgehead atoms. The SMILES string of the molecule is c1ccc(-c2ccccc2-c2ccc(N(c3ccccc3)c3cccc(-c4c5ccccc5cc5c4c4ccccc4n5-c4ccccc4)c3)cc2)cc1. The molecular formula is C52H36N2. The first-order valence-electron chi connectivity index (χ1n) is 18.5. The van der Waals surface area contributed by atoms with E-state index in [0.29, 0.717) is 0 Å². The van der Waals surface area contributed by atoms with Crippen molar-refractivity contribution < 1.29 is 0 Å². The fraction of sp³-hybridized carbons (Fsp3) is 0. The van der Waals surface area contributed by atoms with E-state index in [4.69, 9.17) is 0 Å². The van der Waals surface area contributed by atoms with Crippen LogP contribution in [-0.4, -0.2) is 4.57 Å². The van der Waals surface area contributed by atoms with Crippen LogP contribution in [0.2, 0.25) is 0 Å². The van der Waals surface area contributed by atoms with Gasteiger partial charge in [0.15, 0.2) is 0 Å². The monoisotopic (exact) mass is 688 g/mol. The molecule has 0 atom stereocenters. The molecule has 2 heteroatoms. The quantitative estimate of drug-likeness (QED) is 0.162. The maximum atomic E-state index is 2.41. The molecule has 0 saturated carbocycles. The molecule has 0 aliphatic heterocycles. The molecule has 2 nitrogen and oxygen atoms in total. The van der Waals surface area contributed by atoms with E-state index in [0.717, 1.165) is 22.7 Å². The second kappa shape index (κ2) is 13.4. The number of rotatable bonds is 7. The molecule has 0 aliphatic rings. The van der Waals surface area contributed by atoms with Gasteiger partial charge in [-0.05, 0) is 105 Å². The van der Waals surface area contributed by atoms with Gasteiger partial charge in [0.25, 0.3) is 0 Å². The Morgan fingerprint density at radius 2 is 0.870 bits per heavy atom. The number of nitrogens with zero attached hydrogens (tertiary/aromatic N) is 2. The van der Waals surface area contributed by atoms with Crippen molar-refractivity contribution in [3.8, 4) is 39.1 Å². The molecule has 0 spiro atoms. The Labute approximate surface area is 315 Å². The van der Waals surface area contributed by atoms with Crippen LogP contribution >= 0.6 is 0 Å². The molecule has 0 N–H and O–H groups in total. The first-order chi connectivity index (χ1) is 26.8. The Bertz CT molecular complexity index is 2910. The molecule has 0 fully saturated rings. The Hall–Kier alpha value is -7.16. The summed E-state index contributed by atoms with van der Waals surface area (Å²) in [5.41, 5.74) is 14.1. The Balaban J connectivity index is 1.16. The minimum Gasteiger partial charge on any atom is -0.310 e. The maximum absolute atomic E-state index is 2.41. The number of para-hydroxylation sites is 3. The number of hydrogen-bond donors (Lipinski definition) is 0. The van der Waals surface area contributed by atoms with E-state index in [-0.39, 0.29) is 0 Å². The third kappa shape index (κ3) is 5.44. The lowest BCUT2D eigenvalue weighted by atomic mass is 9.92. The zero-order chi connectivity index (χ0) is 35.8. The summed E-state index contributed by atoms with van der Waals surface area (Å²) in [7, 11) is 0. The lowest BCUT2D eigenvalue weighted by Gasteiger charge is -2.26. The van der Waals surface area contributed by atoms with Gasteiger partial charge in [-0.2, -0.15) is 0 Å². The van der Waals surface area contributed by atoms with Gasteiger partial charge in [-0.25, -0.2) is 0 Å². The maximum Gasteiger partial charge on any atom is 0.0553 e. The summed E-state index contributed by atoms with van der Waals surface area (Å²) in [6, 6.07) is 78.8. The molecule has 0 radical (unpaired) electrons. The highest BCUT2D eigenvalue weighted by Crippen LogP contribution is 2.45. The molecule has 0 saturated heterocycles. The van der Waals surface area contributed by atoms with Crippen molar-refractivity contribution in [2.75, 3.05) is 4.90 Å². The van der Waals surface area contributed by atoms with Crippen molar-refractivity contribution in [2.24, 2.45) is 0 Å². The summed E-state index contributed by atoms with van der Waals surface area (Å²) in [6.45, 7) is 0. The Morgan fingerprint density at radius 1 is 0.333 bits per heavy atom. The second-order valence-corrected chi connectivity index (χ2v) is 13.7. The molecule has 1 aromatic heterocycles. The van der Waals surface area contributed by atoms with E-state index in [1.807, 2.05) is 0 Å². The van der Waals surface area contributed by atoms with Crippen molar-refractivity contribution in [3.63, 3.8) is 0 Å². The zero-order valence-corrected chi connectivity index (χ0v) is 29.7. The Kier molecular flexibility index (Phi) is 7.85. The van der Waals surface area contributed by atoms with Gasteiger partial charge in [0.2, 0.25) is 0 Å². The Morgan fingerprint density at radius 3 is 1.61 bits per heavy atom. The number of benzene rings is 9. The van der Waals surface area contributed by atoms with Crippen LogP contribution in [0.3, 0.4) is 0 Å². The molecule has 10 aromatic rings. The molecule has 9 aromatic carbocycles. The van der Waals surface area contributed by atoms with Crippen LogP contribution < -0.4 is 4.90 Å². The van der Waals surface area contributed by atoms with E-state index in [1.54, 1.807) is 0 Å². The highest BCUT2D eigenvalue weighted by Gasteiger charge is 2.21. The normalized spacial score (nSPS) is 11.3. The van der Waals surface area contributed by atoms with Gasteiger partial charge in [0.05, 0.1) is 11.0 Å². The van der Waals surface area contributed by atoms with Gasteiger partial charge in [-0.15, -0.1) is 0 Å². The van der Waals surface area contributed by atoms with Gasteiger partial charge in [-0.1, -0.05) is 158 Å². The first kappa shape index (κ1) is 31.6. The van der Waals surface area contributed by atoms with Gasteiger partial charge in [0.1, 0.15) is 0 Å². The predicted octanol–water partition coefficient (Wildman–Crippen LogP) is 14.4. The lowest BCUT2D eigenvalue weighted by Crippen LogP contribution is -2.09. The summed E-state index contributed by atoms with van der Waals surface area (Å²) in [6.07, 6.45) is 0. The third-order valence-corrected chi connectivity index (χ3v) is 10.6. The van der Waals surface area contributed by atoms with E-state index >= 15 is 0 Å². The summed E-state index contributed by atoms with van der Waals surface area (Å²) in [5, 5.41) is 4.97. The lowest BCUT2D eigenvalue weighted by molar-refractivity contribution is 1.18. The topological polar surface area (TPSA) is 8.17 Å². The fourth-order valence-electron chi connectivity index (χ4n) is 8.17. The van der Waals surface area contributed by atoms with E-state index in [2.05, 4.69) is 228 Å². The molecule has 1 heterocycles. The van der Waals surface area contributed by atoms with Crippen molar-refractivity contribution >= 4 is 49.6 Å². The zero-order valence-electron chi connectivity index (χ0n) is 29.7. The number of fused-ring (bicyclic) bond motifs is 4. The van der Waals surface area contributed by atoms with Crippen molar-refractivity contribution in [3.05, 3.63) is 218 Å². The fourth-order valence-corrected chi connectivity index (χ4v) is 8.17. The molecule has 0 amide bonds. The average Bonchev–Trinajstić information content (AvgIpc) is 3.58. The molecule has 0 unspecified atom stereocenters. The number of anilines is 3. The third-order valence-electron chi connectivity index (χ3n) is 10.6. The number of aromatic nitrogens is 1. The van der Waals surface area contributed by atoms with Crippen LogP contribution in [0, 0.1) is 0 Å². The largest absolute Gasteiger partial charge is 0.310 e. The van der Waals surface area contributed by atoms with Gasteiger partial charge in [0, 0.05) is 33.5 Å². The molecule has 10 rings (SSSR count). The van der Waals surface area contributed by atoms with Crippen molar-refractivity contribution in [2.45, 2.75) is 0 Å². The number of hydrogen-bond acceptors (Lipinski definition) is 1. The highest BCUT2D eigenvalue weighted by atomic mass is 15.1. The minimum absolute atomic E-state index is 1.10. The van der Waals surface area contributed by atoms with Crippen LogP contribution in [0.1, 0.15) is 0 Å².